The van der Waals surface area contributed by atoms with Gasteiger partial charge in [0.05, 0.1) is 0 Å². The van der Waals surface area contributed by atoms with Crippen LogP contribution in [-0.2, 0) is 0 Å². The van der Waals surface area contributed by atoms with E-state index in [4.69, 9.17) is 0 Å². The van der Waals surface area contributed by atoms with Crippen LogP contribution in [0.2, 0.25) is 0 Å². The fourth-order valence-electron chi connectivity index (χ4n) is 1.84. The molecule has 0 amide bonds. The van der Waals surface area contributed by atoms with E-state index in [9.17, 15) is 0 Å². The fourth-order valence-corrected chi connectivity index (χ4v) is 1.84. The first-order chi connectivity index (χ1) is 6.47. The summed E-state index contributed by atoms with van der Waals surface area (Å²) >= 11 is 0. The lowest BCUT2D eigenvalue weighted by molar-refractivity contribution is 0.726. The number of rotatable bonds is 1. The van der Waals surface area contributed by atoms with Crippen molar-refractivity contribution in [3.8, 4) is 0 Å². The van der Waals surface area contributed by atoms with E-state index in [2.05, 4.69) is 22.0 Å². The number of hydrogen-bond donors (Lipinski definition) is 0. The van der Waals surface area contributed by atoms with Crippen LogP contribution in [0.1, 0.15) is 27.1 Å². The number of aromatic nitrogens is 1. The summed E-state index contributed by atoms with van der Waals surface area (Å²) in [7, 11) is 0. The molecule has 2 rings (SSSR count). The van der Waals surface area contributed by atoms with Crippen molar-refractivity contribution in [1.82, 2.24) is 4.98 Å². The summed E-state index contributed by atoms with van der Waals surface area (Å²) in [6.45, 7) is 2.36. The van der Waals surface area contributed by atoms with Crippen LogP contribution in [-0.4, -0.2) is 18.1 Å². The van der Waals surface area contributed by atoms with Crippen LogP contribution in [0.25, 0.3) is 0 Å². The maximum atomic E-state index is 4.37. The standard InChI is InChI=1S/C11H16N2.H2/c1-2-6-10-13(9-5-1)11-7-3-4-8-12-11;/h3-4,7-8H,1-2,5-6,9-10H2;1H. The lowest BCUT2D eigenvalue weighted by Crippen LogP contribution is -2.24. The van der Waals surface area contributed by atoms with E-state index in [0.29, 0.717) is 0 Å². The van der Waals surface area contributed by atoms with E-state index in [1.807, 2.05) is 12.3 Å². The van der Waals surface area contributed by atoms with Crippen molar-refractivity contribution >= 4 is 5.82 Å². The molecular weight excluding hydrogens is 160 g/mol. The van der Waals surface area contributed by atoms with Crippen molar-refractivity contribution in [1.29, 1.82) is 0 Å². The monoisotopic (exact) mass is 178 g/mol. The molecule has 1 aromatic heterocycles. The van der Waals surface area contributed by atoms with E-state index in [1.165, 1.54) is 38.8 Å². The van der Waals surface area contributed by atoms with Gasteiger partial charge in [-0.25, -0.2) is 4.98 Å². The molecular formula is C11H18N2. The van der Waals surface area contributed by atoms with Gasteiger partial charge in [0, 0.05) is 20.7 Å². The van der Waals surface area contributed by atoms with Gasteiger partial charge in [0.15, 0.2) is 0 Å². The van der Waals surface area contributed by atoms with Gasteiger partial charge >= 0.3 is 0 Å². The van der Waals surface area contributed by atoms with Gasteiger partial charge in [0.25, 0.3) is 0 Å². The van der Waals surface area contributed by atoms with E-state index >= 15 is 0 Å². The Balaban J connectivity index is 0.000000980. The largest absolute Gasteiger partial charge is 0.357 e. The van der Waals surface area contributed by atoms with Crippen LogP contribution >= 0.6 is 0 Å². The predicted octanol–water partition coefficient (Wildman–Crippen LogP) is 2.71. The van der Waals surface area contributed by atoms with Gasteiger partial charge in [0.2, 0.25) is 0 Å². The first-order valence-electron chi connectivity index (χ1n) is 5.13. The Morgan fingerprint density at radius 3 is 2.46 bits per heavy atom. The van der Waals surface area contributed by atoms with Crippen LogP contribution in [0.3, 0.4) is 0 Å². The summed E-state index contributed by atoms with van der Waals surface area (Å²) in [6.07, 6.45) is 7.26. The van der Waals surface area contributed by atoms with Crippen LogP contribution in [0.5, 0.6) is 0 Å². The van der Waals surface area contributed by atoms with Gasteiger partial charge in [0.1, 0.15) is 5.82 Å². The van der Waals surface area contributed by atoms with E-state index < -0.39 is 0 Å². The Hall–Kier alpha value is -1.05. The molecule has 1 aromatic rings. The zero-order valence-electron chi connectivity index (χ0n) is 7.95. The fraction of sp³-hybridized carbons (Fsp3) is 0.545. The number of nitrogens with zero attached hydrogens (tertiary/aromatic N) is 2. The Morgan fingerprint density at radius 2 is 1.85 bits per heavy atom. The zero-order valence-corrected chi connectivity index (χ0v) is 7.95. The second-order valence-corrected chi connectivity index (χ2v) is 3.59. The normalized spacial score (nSPS) is 18.3. The summed E-state index contributed by atoms with van der Waals surface area (Å²) in [6, 6.07) is 6.14. The average molecular weight is 178 g/mol. The summed E-state index contributed by atoms with van der Waals surface area (Å²) in [4.78, 5) is 6.77. The van der Waals surface area contributed by atoms with Gasteiger partial charge < -0.3 is 4.90 Å². The van der Waals surface area contributed by atoms with Crippen LogP contribution in [0.4, 0.5) is 5.82 Å². The van der Waals surface area contributed by atoms with Gasteiger partial charge in [-0.15, -0.1) is 0 Å². The Morgan fingerprint density at radius 1 is 1.08 bits per heavy atom. The molecule has 0 unspecified atom stereocenters. The first-order valence-corrected chi connectivity index (χ1v) is 5.13. The molecule has 0 N–H and O–H groups in total. The Labute approximate surface area is 81.1 Å². The van der Waals surface area contributed by atoms with E-state index in [1.54, 1.807) is 0 Å². The van der Waals surface area contributed by atoms with Gasteiger partial charge in [-0.3, -0.25) is 0 Å². The van der Waals surface area contributed by atoms with Crippen molar-refractivity contribution in [2.75, 3.05) is 18.0 Å². The average Bonchev–Trinajstić information content (AvgIpc) is 2.47. The molecule has 2 heteroatoms. The minimum Gasteiger partial charge on any atom is -0.357 e. The molecule has 0 spiro atoms. The summed E-state index contributed by atoms with van der Waals surface area (Å²) in [5.74, 6) is 1.14. The third kappa shape index (κ3) is 2.20. The van der Waals surface area contributed by atoms with Crippen molar-refractivity contribution in [2.45, 2.75) is 25.7 Å². The molecule has 1 aliphatic heterocycles. The third-order valence-corrected chi connectivity index (χ3v) is 2.58. The number of pyridine rings is 1. The summed E-state index contributed by atoms with van der Waals surface area (Å²) < 4.78 is 0. The zero-order chi connectivity index (χ0) is 8.93. The van der Waals surface area contributed by atoms with Gasteiger partial charge in [-0.05, 0) is 25.0 Å². The highest BCUT2D eigenvalue weighted by Crippen LogP contribution is 2.15. The third-order valence-electron chi connectivity index (χ3n) is 2.58. The molecule has 0 saturated carbocycles. The van der Waals surface area contributed by atoms with Crippen LogP contribution < -0.4 is 4.90 Å². The molecule has 2 heterocycles. The van der Waals surface area contributed by atoms with Crippen molar-refractivity contribution in [2.24, 2.45) is 0 Å². The molecule has 0 bridgehead atoms. The molecule has 72 valence electrons. The highest BCUT2D eigenvalue weighted by molar-refractivity contribution is 5.37. The maximum Gasteiger partial charge on any atom is 0.128 e. The molecule has 1 saturated heterocycles. The topological polar surface area (TPSA) is 16.1 Å². The molecule has 1 fully saturated rings. The Kier molecular flexibility index (Phi) is 2.80. The van der Waals surface area contributed by atoms with Gasteiger partial charge in [-0.1, -0.05) is 18.9 Å². The number of hydrogen-bond acceptors (Lipinski definition) is 2. The van der Waals surface area contributed by atoms with Crippen LogP contribution in [0.15, 0.2) is 24.4 Å². The predicted molar refractivity (Wildman–Crippen MR) is 57.0 cm³/mol. The molecule has 13 heavy (non-hydrogen) atoms. The molecule has 1 aliphatic rings. The summed E-state index contributed by atoms with van der Waals surface area (Å²) in [5.41, 5.74) is 0. The van der Waals surface area contributed by atoms with Crippen molar-refractivity contribution in [3.05, 3.63) is 24.4 Å². The number of anilines is 1. The van der Waals surface area contributed by atoms with Crippen molar-refractivity contribution in [3.63, 3.8) is 0 Å². The SMILES string of the molecule is [HH].c1ccc(N2CCCCCC2)nc1. The second-order valence-electron chi connectivity index (χ2n) is 3.59. The van der Waals surface area contributed by atoms with Crippen LogP contribution in [0, 0.1) is 0 Å². The highest BCUT2D eigenvalue weighted by Gasteiger charge is 2.09. The molecule has 0 atom stereocenters. The molecule has 0 radical (unpaired) electrons. The maximum absolute atomic E-state index is 4.37. The minimum absolute atomic E-state index is 0. The smallest absolute Gasteiger partial charge is 0.128 e. The lowest BCUT2D eigenvalue weighted by atomic mass is 10.2. The molecule has 0 aromatic carbocycles. The van der Waals surface area contributed by atoms with E-state index in [0.717, 1.165) is 5.82 Å². The quantitative estimate of drug-likeness (QED) is 0.657. The summed E-state index contributed by atoms with van der Waals surface area (Å²) in [5, 5.41) is 0. The second kappa shape index (κ2) is 4.26. The van der Waals surface area contributed by atoms with Crippen molar-refractivity contribution < 1.29 is 1.43 Å². The lowest BCUT2D eigenvalue weighted by Gasteiger charge is -2.20. The first kappa shape index (κ1) is 8.54. The Bertz CT molecular complexity index is 243. The van der Waals surface area contributed by atoms with E-state index in [-0.39, 0.29) is 1.43 Å². The molecule has 2 nitrogen and oxygen atoms in total. The van der Waals surface area contributed by atoms with Gasteiger partial charge in [-0.2, -0.15) is 0 Å². The molecule has 0 aliphatic carbocycles. The minimum atomic E-state index is 0. The highest BCUT2D eigenvalue weighted by atomic mass is 15.2.